The molecule has 1 amide bonds. The van der Waals surface area contributed by atoms with E-state index in [9.17, 15) is 4.79 Å². The Morgan fingerprint density at radius 2 is 1.88 bits per heavy atom. The number of hydrogen-bond donors (Lipinski definition) is 1. The fourth-order valence-electron chi connectivity index (χ4n) is 3.77. The zero-order chi connectivity index (χ0) is 11.4. The lowest BCUT2D eigenvalue weighted by Gasteiger charge is -2.39. The molecule has 2 saturated heterocycles. The number of nitrogens with one attached hydrogen (secondary N) is 1. The molecule has 0 radical (unpaired) electrons. The lowest BCUT2D eigenvalue weighted by atomic mass is 9.75. The van der Waals surface area contributed by atoms with Gasteiger partial charge in [-0.05, 0) is 36.5 Å². The summed E-state index contributed by atoms with van der Waals surface area (Å²) in [5.74, 6) is 1.55. The minimum atomic E-state index is 0.0772. The normalized spacial score (nSPS) is 39.8. The first-order valence-corrected chi connectivity index (χ1v) is 6.42. The van der Waals surface area contributed by atoms with Crippen molar-refractivity contribution in [2.75, 3.05) is 13.2 Å². The summed E-state index contributed by atoms with van der Waals surface area (Å²) in [7, 11) is 0. The highest BCUT2D eigenvalue weighted by Gasteiger charge is 2.59. The molecule has 16 heavy (non-hydrogen) atoms. The molecule has 3 heteroatoms. The topological polar surface area (TPSA) is 38.3 Å². The zero-order valence-corrected chi connectivity index (χ0v) is 10.2. The molecule has 0 aromatic carbocycles. The number of amides is 1. The van der Waals surface area contributed by atoms with E-state index in [1.807, 2.05) is 0 Å². The van der Waals surface area contributed by atoms with Gasteiger partial charge < -0.3 is 10.1 Å². The van der Waals surface area contributed by atoms with Crippen molar-refractivity contribution in [2.24, 2.45) is 17.3 Å². The summed E-state index contributed by atoms with van der Waals surface area (Å²) in [4.78, 5) is 11.7. The lowest BCUT2D eigenvalue weighted by Crippen LogP contribution is -2.50. The monoisotopic (exact) mass is 223 g/mol. The maximum absolute atomic E-state index is 11.7. The summed E-state index contributed by atoms with van der Waals surface area (Å²) in [5, 5.41) is 3.26. The largest absolute Gasteiger partial charge is 0.381 e. The summed E-state index contributed by atoms with van der Waals surface area (Å²) in [6.07, 6.45) is 4.05. The fraction of sp³-hybridized carbons (Fsp3) is 0.923. The minimum absolute atomic E-state index is 0.0772. The van der Waals surface area contributed by atoms with Crippen LogP contribution in [-0.4, -0.2) is 24.7 Å². The van der Waals surface area contributed by atoms with E-state index >= 15 is 0 Å². The second-order valence-corrected chi connectivity index (χ2v) is 6.43. The van der Waals surface area contributed by atoms with Crippen molar-refractivity contribution in [3.8, 4) is 0 Å². The summed E-state index contributed by atoms with van der Waals surface area (Å²) >= 11 is 0. The molecule has 90 valence electrons. The van der Waals surface area contributed by atoms with Crippen molar-refractivity contribution in [1.82, 2.24) is 5.32 Å². The molecular weight excluding hydrogens is 202 g/mol. The van der Waals surface area contributed by atoms with E-state index in [4.69, 9.17) is 4.74 Å². The molecule has 0 bridgehead atoms. The Hall–Kier alpha value is -0.570. The van der Waals surface area contributed by atoms with Crippen molar-refractivity contribution >= 4 is 5.91 Å². The average molecular weight is 223 g/mol. The van der Waals surface area contributed by atoms with Crippen LogP contribution in [0.3, 0.4) is 0 Å². The van der Waals surface area contributed by atoms with Crippen LogP contribution in [0.1, 0.15) is 39.5 Å². The van der Waals surface area contributed by atoms with Crippen molar-refractivity contribution < 1.29 is 9.53 Å². The third-order valence-electron chi connectivity index (χ3n) is 4.96. The van der Waals surface area contributed by atoms with Crippen molar-refractivity contribution in [2.45, 2.75) is 45.1 Å². The molecule has 3 fully saturated rings. The number of rotatable bonds is 1. The molecule has 2 atom stereocenters. The van der Waals surface area contributed by atoms with Gasteiger partial charge >= 0.3 is 0 Å². The van der Waals surface area contributed by atoms with Crippen LogP contribution in [0.15, 0.2) is 0 Å². The van der Waals surface area contributed by atoms with Gasteiger partial charge in [-0.2, -0.15) is 0 Å². The van der Waals surface area contributed by atoms with Crippen LogP contribution in [0.25, 0.3) is 0 Å². The van der Waals surface area contributed by atoms with Crippen LogP contribution in [0.2, 0.25) is 0 Å². The number of ether oxygens (including phenoxy) is 1. The van der Waals surface area contributed by atoms with Crippen molar-refractivity contribution in [1.29, 1.82) is 0 Å². The van der Waals surface area contributed by atoms with Crippen molar-refractivity contribution in [3.63, 3.8) is 0 Å². The van der Waals surface area contributed by atoms with Gasteiger partial charge in [-0.1, -0.05) is 13.8 Å². The van der Waals surface area contributed by atoms with Crippen LogP contribution < -0.4 is 5.32 Å². The van der Waals surface area contributed by atoms with Crippen LogP contribution in [0.4, 0.5) is 0 Å². The van der Waals surface area contributed by atoms with Crippen LogP contribution in [0.5, 0.6) is 0 Å². The minimum Gasteiger partial charge on any atom is -0.381 e. The van der Waals surface area contributed by atoms with Crippen LogP contribution in [-0.2, 0) is 9.53 Å². The average Bonchev–Trinajstić information content (AvgIpc) is 2.73. The van der Waals surface area contributed by atoms with E-state index in [2.05, 4.69) is 19.2 Å². The van der Waals surface area contributed by atoms with E-state index in [0.717, 1.165) is 38.4 Å². The van der Waals surface area contributed by atoms with Gasteiger partial charge in [-0.3, -0.25) is 4.79 Å². The van der Waals surface area contributed by atoms with Crippen LogP contribution in [0, 0.1) is 17.3 Å². The SMILES string of the molecule is CC1(C)CC1C1CC(=O)NC12CCOCC2. The van der Waals surface area contributed by atoms with Crippen LogP contribution >= 0.6 is 0 Å². The first kappa shape index (κ1) is 10.6. The Kier molecular flexibility index (Phi) is 2.13. The molecule has 3 nitrogen and oxygen atoms in total. The van der Waals surface area contributed by atoms with Crippen molar-refractivity contribution in [3.05, 3.63) is 0 Å². The van der Waals surface area contributed by atoms with E-state index in [0.29, 0.717) is 11.3 Å². The Morgan fingerprint density at radius 1 is 1.25 bits per heavy atom. The molecule has 3 aliphatic rings. The first-order valence-electron chi connectivity index (χ1n) is 6.42. The van der Waals surface area contributed by atoms with E-state index in [1.54, 1.807) is 0 Å². The van der Waals surface area contributed by atoms with E-state index < -0.39 is 0 Å². The highest BCUT2D eigenvalue weighted by Crippen LogP contribution is 2.61. The second-order valence-electron chi connectivity index (χ2n) is 6.43. The van der Waals surface area contributed by atoms with Gasteiger partial charge in [0.25, 0.3) is 0 Å². The fourth-order valence-corrected chi connectivity index (χ4v) is 3.77. The predicted octanol–water partition coefficient (Wildman–Crippen LogP) is 1.72. The quantitative estimate of drug-likeness (QED) is 0.735. The Labute approximate surface area is 96.9 Å². The maximum Gasteiger partial charge on any atom is 0.220 e. The number of carbonyl (C=O) groups excluding carboxylic acids is 1. The molecule has 0 aromatic rings. The number of carbonyl (C=O) groups is 1. The van der Waals surface area contributed by atoms with Gasteiger partial charge in [-0.15, -0.1) is 0 Å². The molecule has 1 N–H and O–H groups in total. The van der Waals surface area contributed by atoms with Gasteiger partial charge in [0, 0.05) is 25.2 Å². The highest BCUT2D eigenvalue weighted by atomic mass is 16.5. The zero-order valence-electron chi connectivity index (χ0n) is 10.2. The first-order chi connectivity index (χ1) is 7.54. The molecule has 1 saturated carbocycles. The molecule has 2 unspecified atom stereocenters. The maximum atomic E-state index is 11.7. The molecule has 2 aliphatic heterocycles. The summed E-state index contributed by atoms with van der Waals surface area (Å²) < 4.78 is 5.44. The number of hydrogen-bond acceptors (Lipinski definition) is 2. The Balaban J connectivity index is 1.82. The molecule has 2 heterocycles. The third-order valence-corrected chi connectivity index (χ3v) is 4.96. The summed E-state index contributed by atoms with van der Waals surface area (Å²) in [6, 6.07) is 0. The summed E-state index contributed by atoms with van der Waals surface area (Å²) in [6.45, 7) is 6.27. The second kappa shape index (κ2) is 3.22. The smallest absolute Gasteiger partial charge is 0.220 e. The van der Waals surface area contributed by atoms with Gasteiger partial charge in [0.1, 0.15) is 0 Å². The van der Waals surface area contributed by atoms with Gasteiger partial charge in [-0.25, -0.2) is 0 Å². The lowest BCUT2D eigenvalue weighted by molar-refractivity contribution is -0.120. The van der Waals surface area contributed by atoms with E-state index in [1.165, 1.54) is 6.42 Å². The highest BCUT2D eigenvalue weighted by molar-refractivity contribution is 5.80. The standard InChI is InChI=1S/C13H21NO2/c1-12(2)8-10(12)9-7-11(15)14-13(9)3-5-16-6-4-13/h9-10H,3-8H2,1-2H3,(H,14,15). The molecule has 3 rings (SSSR count). The summed E-state index contributed by atoms with van der Waals surface area (Å²) in [5.41, 5.74) is 0.538. The van der Waals surface area contributed by atoms with Gasteiger partial charge in [0.05, 0.1) is 0 Å². The predicted molar refractivity (Wildman–Crippen MR) is 60.9 cm³/mol. The molecule has 0 aromatic heterocycles. The van der Waals surface area contributed by atoms with Gasteiger partial charge in [0.15, 0.2) is 0 Å². The Morgan fingerprint density at radius 3 is 2.44 bits per heavy atom. The van der Waals surface area contributed by atoms with E-state index in [-0.39, 0.29) is 11.4 Å². The molecule has 1 spiro atoms. The Bertz CT molecular complexity index is 318. The third kappa shape index (κ3) is 1.48. The molecular formula is C13H21NO2. The molecule has 1 aliphatic carbocycles. The van der Waals surface area contributed by atoms with Gasteiger partial charge in [0.2, 0.25) is 5.91 Å².